The molecule has 0 saturated heterocycles. The molecule has 0 spiro atoms. The highest BCUT2D eigenvalue weighted by atomic mass is 79.9. The van der Waals surface area contributed by atoms with Gasteiger partial charge in [0, 0.05) is 28.1 Å². The van der Waals surface area contributed by atoms with Gasteiger partial charge in [-0.2, -0.15) is 9.78 Å². The van der Waals surface area contributed by atoms with Crippen LogP contribution in [0.5, 0.6) is 5.75 Å². The number of nitro benzene ring substituents is 1. The van der Waals surface area contributed by atoms with Crippen LogP contribution in [0.4, 0.5) is 10.1 Å². The van der Waals surface area contributed by atoms with Gasteiger partial charge in [-0.1, -0.05) is 53.5 Å². The zero-order chi connectivity index (χ0) is 25.7. The fourth-order valence-corrected chi connectivity index (χ4v) is 4.00. The van der Waals surface area contributed by atoms with Crippen molar-refractivity contribution >= 4 is 38.7 Å². The van der Waals surface area contributed by atoms with Gasteiger partial charge in [0.25, 0.3) is 5.56 Å². The van der Waals surface area contributed by atoms with Crippen molar-refractivity contribution in [2.24, 2.45) is 5.10 Å². The fourth-order valence-electron chi connectivity index (χ4n) is 3.64. The maximum absolute atomic E-state index is 14.1. The molecule has 0 aliphatic heterocycles. The molecule has 0 saturated carbocycles. The predicted molar refractivity (Wildman–Crippen MR) is 139 cm³/mol. The first kappa shape index (κ1) is 25.2. The maximum atomic E-state index is 14.1. The number of nitrogens with zero attached hydrogens (tertiary/aromatic N) is 4. The number of benzene rings is 3. The monoisotopic (exact) mass is 552 g/mol. The molecule has 8 nitrogen and oxygen atoms in total. The standard InChI is InChI=1S/C26H22BrFN4O4/c1-2-3-11-24-30-22-13-12-19(27)14-20(22)26(33)31(24)29-15-17-8-6-10-23(32(34)35)25(17)36-16-18-7-4-5-9-21(18)28/h4-10,12-15H,2-3,11,16H2,1H3. The number of rotatable bonds is 9. The predicted octanol–water partition coefficient (Wildman–Crippen LogP) is 6.01. The van der Waals surface area contributed by atoms with Crippen LogP contribution in [0.1, 0.15) is 36.7 Å². The Balaban J connectivity index is 1.78. The molecule has 4 aromatic rings. The van der Waals surface area contributed by atoms with E-state index in [-0.39, 0.29) is 34.7 Å². The molecule has 3 aromatic carbocycles. The second kappa shape index (κ2) is 11.2. The molecule has 1 heterocycles. The van der Waals surface area contributed by atoms with E-state index in [2.05, 4.69) is 26.0 Å². The lowest BCUT2D eigenvalue weighted by Gasteiger charge is -2.11. The highest BCUT2D eigenvalue weighted by molar-refractivity contribution is 9.10. The average Bonchev–Trinajstić information content (AvgIpc) is 2.87. The summed E-state index contributed by atoms with van der Waals surface area (Å²) < 4.78 is 21.7. The molecule has 36 heavy (non-hydrogen) atoms. The molecule has 0 N–H and O–H groups in total. The average molecular weight is 553 g/mol. The first-order chi connectivity index (χ1) is 17.4. The van der Waals surface area contributed by atoms with Crippen molar-refractivity contribution in [2.75, 3.05) is 0 Å². The fraction of sp³-hybridized carbons (Fsp3) is 0.192. The lowest BCUT2D eigenvalue weighted by molar-refractivity contribution is -0.386. The number of fused-ring (bicyclic) bond motifs is 1. The van der Waals surface area contributed by atoms with Crippen molar-refractivity contribution in [2.45, 2.75) is 32.8 Å². The second-order valence-electron chi connectivity index (χ2n) is 7.99. The van der Waals surface area contributed by atoms with Crippen LogP contribution in [-0.4, -0.2) is 20.8 Å². The molecular formula is C26H22BrFN4O4. The number of ether oxygens (including phenoxy) is 1. The number of nitro groups is 1. The summed E-state index contributed by atoms with van der Waals surface area (Å²) in [6.45, 7) is 1.82. The smallest absolute Gasteiger partial charge is 0.311 e. The van der Waals surface area contributed by atoms with E-state index in [1.54, 1.807) is 30.3 Å². The number of halogens is 2. The van der Waals surface area contributed by atoms with Gasteiger partial charge in [0.15, 0.2) is 0 Å². The van der Waals surface area contributed by atoms with Crippen LogP contribution in [-0.2, 0) is 13.0 Å². The number of para-hydroxylation sites is 1. The van der Waals surface area contributed by atoms with Crippen LogP contribution in [0.15, 0.2) is 75.0 Å². The third kappa shape index (κ3) is 5.49. The van der Waals surface area contributed by atoms with Gasteiger partial charge in [-0.15, -0.1) is 0 Å². The largest absolute Gasteiger partial charge is 0.481 e. The topological polar surface area (TPSA) is 99.6 Å². The zero-order valence-corrected chi connectivity index (χ0v) is 20.9. The second-order valence-corrected chi connectivity index (χ2v) is 8.90. The number of hydrogen-bond donors (Lipinski definition) is 0. The molecule has 0 bridgehead atoms. The van der Waals surface area contributed by atoms with Gasteiger partial charge in [0.2, 0.25) is 5.75 Å². The van der Waals surface area contributed by atoms with Crippen molar-refractivity contribution < 1.29 is 14.1 Å². The maximum Gasteiger partial charge on any atom is 0.311 e. The van der Waals surface area contributed by atoms with Crippen molar-refractivity contribution in [3.05, 3.63) is 108 Å². The van der Waals surface area contributed by atoms with Crippen LogP contribution >= 0.6 is 15.9 Å². The van der Waals surface area contributed by atoms with Crippen molar-refractivity contribution in [3.8, 4) is 5.75 Å². The summed E-state index contributed by atoms with van der Waals surface area (Å²) in [5.41, 5.74) is 0.423. The Morgan fingerprint density at radius 2 is 2.00 bits per heavy atom. The van der Waals surface area contributed by atoms with E-state index in [9.17, 15) is 19.3 Å². The van der Waals surface area contributed by atoms with Crippen molar-refractivity contribution in [3.63, 3.8) is 0 Å². The van der Waals surface area contributed by atoms with Crippen molar-refractivity contribution in [1.29, 1.82) is 0 Å². The van der Waals surface area contributed by atoms with Crippen LogP contribution in [0.2, 0.25) is 0 Å². The minimum absolute atomic E-state index is 0.0749. The SMILES string of the molecule is CCCCc1nc2ccc(Br)cc2c(=O)n1N=Cc1cccc([N+](=O)[O-])c1OCc1ccccc1F. The van der Waals surface area contributed by atoms with Gasteiger partial charge in [-0.3, -0.25) is 14.9 Å². The minimum atomic E-state index is -0.581. The molecule has 4 rings (SSSR count). The molecule has 0 radical (unpaired) electrons. The Kier molecular flexibility index (Phi) is 7.84. The molecule has 0 fully saturated rings. The van der Waals surface area contributed by atoms with E-state index in [4.69, 9.17) is 4.74 Å². The third-order valence-electron chi connectivity index (χ3n) is 5.49. The summed E-state index contributed by atoms with van der Waals surface area (Å²) in [4.78, 5) is 29.0. The van der Waals surface area contributed by atoms with Crippen LogP contribution in [0.3, 0.4) is 0 Å². The Bertz CT molecular complexity index is 1520. The number of aromatic nitrogens is 2. The molecule has 10 heteroatoms. The number of hydrogen-bond acceptors (Lipinski definition) is 6. The molecule has 0 amide bonds. The molecule has 0 atom stereocenters. The molecule has 184 valence electrons. The Labute approximate surface area is 214 Å². The first-order valence-electron chi connectivity index (χ1n) is 11.3. The van der Waals surface area contributed by atoms with Crippen LogP contribution < -0.4 is 10.3 Å². The van der Waals surface area contributed by atoms with Gasteiger partial charge in [0.1, 0.15) is 18.2 Å². The molecular weight excluding hydrogens is 531 g/mol. The van der Waals surface area contributed by atoms with E-state index >= 15 is 0 Å². The first-order valence-corrected chi connectivity index (χ1v) is 12.1. The van der Waals surface area contributed by atoms with E-state index < -0.39 is 10.7 Å². The summed E-state index contributed by atoms with van der Waals surface area (Å²) in [6, 6.07) is 15.6. The normalized spacial score (nSPS) is 11.3. The Morgan fingerprint density at radius 3 is 2.75 bits per heavy atom. The summed E-state index contributed by atoms with van der Waals surface area (Å²) in [5, 5.41) is 16.4. The summed E-state index contributed by atoms with van der Waals surface area (Å²) in [6.07, 6.45) is 3.56. The van der Waals surface area contributed by atoms with E-state index in [1.165, 1.54) is 35.2 Å². The van der Waals surface area contributed by atoms with Gasteiger partial charge in [-0.05, 0) is 36.8 Å². The highest BCUT2D eigenvalue weighted by Gasteiger charge is 2.19. The van der Waals surface area contributed by atoms with E-state index in [0.29, 0.717) is 23.1 Å². The highest BCUT2D eigenvalue weighted by Crippen LogP contribution is 2.31. The molecule has 0 aliphatic carbocycles. The lowest BCUT2D eigenvalue weighted by atomic mass is 10.2. The van der Waals surface area contributed by atoms with Gasteiger partial charge in [-0.25, -0.2) is 9.37 Å². The van der Waals surface area contributed by atoms with Crippen LogP contribution in [0, 0.1) is 15.9 Å². The zero-order valence-electron chi connectivity index (χ0n) is 19.4. The van der Waals surface area contributed by atoms with Gasteiger partial charge >= 0.3 is 5.69 Å². The number of aryl methyl sites for hydroxylation is 1. The van der Waals surface area contributed by atoms with Gasteiger partial charge in [0.05, 0.1) is 22.0 Å². The molecule has 1 aromatic heterocycles. The Hall–Kier alpha value is -3.92. The number of unbranched alkanes of at least 4 members (excludes halogenated alkanes) is 1. The lowest BCUT2D eigenvalue weighted by Crippen LogP contribution is -2.22. The third-order valence-corrected chi connectivity index (χ3v) is 5.99. The van der Waals surface area contributed by atoms with E-state index in [1.807, 2.05) is 13.0 Å². The minimum Gasteiger partial charge on any atom is -0.481 e. The summed E-state index contributed by atoms with van der Waals surface area (Å²) in [7, 11) is 0. The van der Waals surface area contributed by atoms with Crippen LogP contribution in [0.25, 0.3) is 10.9 Å². The quantitative estimate of drug-likeness (QED) is 0.144. The summed E-state index contributed by atoms with van der Waals surface area (Å²) in [5.74, 6) is -0.0758. The molecule has 0 unspecified atom stereocenters. The molecule has 0 aliphatic rings. The van der Waals surface area contributed by atoms with Crippen molar-refractivity contribution in [1.82, 2.24) is 9.66 Å². The van der Waals surface area contributed by atoms with E-state index in [0.717, 1.165) is 17.3 Å². The summed E-state index contributed by atoms with van der Waals surface area (Å²) >= 11 is 3.38. The van der Waals surface area contributed by atoms with Gasteiger partial charge < -0.3 is 4.74 Å². The Morgan fingerprint density at radius 1 is 1.19 bits per heavy atom.